The van der Waals surface area contributed by atoms with Gasteiger partial charge in [0.25, 0.3) is 11.5 Å². The molecule has 0 saturated carbocycles. The van der Waals surface area contributed by atoms with Gasteiger partial charge in [0, 0.05) is 25.1 Å². The first-order chi connectivity index (χ1) is 12.0. The molecule has 8 nitrogen and oxygen atoms in total. The molecule has 0 aliphatic heterocycles. The Bertz CT molecular complexity index is 1020. The van der Waals surface area contributed by atoms with E-state index in [1.807, 2.05) is 0 Å². The molecule has 3 aromatic heterocycles. The van der Waals surface area contributed by atoms with E-state index in [1.54, 1.807) is 44.6 Å². The highest BCUT2D eigenvalue weighted by Gasteiger charge is 2.16. The number of hydrogen-bond acceptors (Lipinski definition) is 5. The minimum Gasteiger partial charge on any atom is -0.462 e. The van der Waals surface area contributed by atoms with Gasteiger partial charge in [0.05, 0.1) is 18.3 Å². The Morgan fingerprint density at radius 3 is 2.80 bits per heavy atom. The second-order valence-electron chi connectivity index (χ2n) is 5.32. The number of nitrogens with one attached hydrogen (secondary N) is 1. The fraction of sp³-hybridized carbons (Fsp3) is 0.176. The van der Waals surface area contributed by atoms with Gasteiger partial charge in [0.15, 0.2) is 0 Å². The van der Waals surface area contributed by atoms with Crippen molar-refractivity contribution in [3.63, 3.8) is 0 Å². The molecule has 3 aromatic rings. The normalized spacial score (nSPS) is 10.6. The predicted molar refractivity (Wildman–Crippen MR) is 90.8 cm³/mol. The minimum absolute atomic E-state index is 0.0315. The zero-order valence-corrected chi connectivity index (χ0v) is 13.7. The SMILES string of the molecule is CCOC(=O)c1cnn2ccc(NC(=O)c3cccn(C)c3=O)cc12. The molecule has 0 fully saturated rings. The van der Waals surface area contributed by atoms with E-state index in [-0.39, 0.29) is 12.2 Å². The summed E-state index contributed by atoms with van der Waals surface area (Å²) in [6.07, 6.45) is 4.59. The summed E-state index contributed by atoms with van der Waals surface area (Å²) in [7, 11) is 1.57. The molecule has 0 bridgehead atoms. The average molecular weight is 340 g/mol. The van der Waals surface area contributed by atoms with Gasteiger partial charge in [-0.15, -0.1) is 0 Å². The van der Waals surface area contributed by atoms with Crippen LogP contribution in [-0.2, 0) is 11.8 Å². The zero-order valence-electron chi connectivity index (χ0n) is 13.7. The fourth-order valence-corrected chi connectivity index (χ4v) is 2.39. The first-order valence-corrected chi connectivity index (χ1v) is 7.62. The third kappa shape index (κ3) is 3.14. The standard InChI is InChI=1S/C17H16N4O4/c1-3-25-17(24)13-10-18-21-8-6-11(9-14(13)21)19-15(22)12-5-4-7-20(2)16(12)23/h4-10H,3H2,1-2H3,(H,19,22). The molecule has 128 valence electrons. The summed E-state index contributed by atoms with van der Waals surface area (Å²) >= 11 is 0. The van der Waals surface area contributed by atoms with Gasteiger partial charge in [-0.2, -0.15) is 5.10 Å². The number of nitrogens with zero attached hydrogens (tertiary/aromatic N) is 3. The molecular formula is C17H16N4O4. The Hall–Kier alpha value is -3.42. The molecule has 0 radical (unpaired) electrons. The molecule has 0 aliphatic carbocycles. The van der Waals surface area contributed by atoms with Crippen LogP contribution in [0.1, 0.15) is 27.6 Å². The van der Waals surface area contributed by atoms with E-state index in [0.717, 1.165) is 0 Å². The summed E-state index contributed by atoms with van der Waals surface area (Å²) in [6.45, 7) is 1.97. The van der Waals surface area contributed by atoms with Crippen molar-refractivity contribution in [2.45, 2.75) is 6.92 Å². The minimum atomic E-state index is -0.525. The largest absolute Gasteiger partial charge is 0.462 e. The monoisotopic (exact) mass is 340 g/mol. The number of pyridine rings is 2. The van der Waals surface area contributed by atoms with E-state index in [0.29, 0.717) is 16.8 Å². The number of rotatable bonds is 4. The first-order valence-electron chi connectivity index (χ1n) is 7.62. The van der Waals surface area contributed by atoms with Crippen molar-refractivity contribution in [1.29, 1.82) is 0 Å². The molecule has 3 heterocycles. The number of esters is 1. The van der Waals surface area contributed by atoms with Crippen LogP contribution in [-0.4, -0.2) is 32.7 Å². The first kappa shape index (κ1) is 16.4. The molecule has 25 heavy (non-hydrogen) atoms. The molecule has 0 saturated heterocycles. The summed E-state index contributed by atoms with van der Waals surface area (Å²) in [6, 6.07) is 6.30. The van der Waals surface area contributed by atoms with Gasteiger partial charge in [0.1, 0.15) is 11.1 Å². The lowest BCUT2D eigenvalue weighted by Crippen LogP contribution is -2.27. The summed E-state index contributed by atoms with van der Waals surface area (Å²) in [5.74, 6) is -1.01. The summed E-state index contributed by atoms with van der Waals surface area (Å²) in [5.41, 5.74) is 0.877. The number of aryl methyl sites for hydroxylation is 1. The number of hydrogen-bond donors (Lipinski definition) is 1. The highest BCUT2D eigenvalue weighted by atomic mass is 16.5. The van der Waals surface area contributed by atoms with E-state index < -0.39 is 17.4 Å². The second-order valence-corrected chi connectivity index (χ2v) is 5.32. The average Bonchev–Trinajstić information content (AvgIpc) is 3.00. The smallest absolute Gasteiger partial charge is 0.341 e. The number of carbonyl (C=O) groups is 2. The van der Waals surface area contributed by atoms with Crippen LogP contribution in [0.15, 0.2) is 47.7 Å². The maximum atomic E-state index is 12.3. The summed E-state index contributed by atoms with van der Waals surface area (Å²) in [4.78, 5) is 36.3. The Morgan fingerprint density at radius 1 is 1.24 bits per heavy atom. The number of anilines is 1. The fourth-order valence-electron chi connectivity index (χ4n) is 2.39. The molecule has 0 unspecified atom stereocenters. The van der Waals surface area contributed by atoms with E-state index in [2.05, 4.69) is 10.4 Å². The third-order valence-electron chi connectivity index (χ3n) is 3.64. The zero-order chi connectivity index (χ0) is 18.0. The van der Waals surface area contributed by atoms with Crippen LogP contribution in [0.3, 0.4) is 0 Å². The summed E-state index contributed by atoms with van der Waals surface area (Å²) < 4.78 is 7.82. The number of aromatic nitrogens is 3. The Balaban J connectivity index is 1.93. The van der Waals surface area contributed by atoms with E-state index in [9.17, 15) is 14.4 Å². The summed E-state index contributed by atoms with van der Waals surface area (Å²) in [5, 5.41) is 6.74. The van der Waals surface area contributed by atoms with E-state index in [1.165, 1.54) is 21.3 Å². The van der Waals surface area contributed by atoms with Gasteiger partial charge in [-0.1, -0.05) is 0 Å². The van der Waals surface area contributed by atoms with Crippen LogP contribution in [0, 0.1) is 0 Å². The number of fused-ring (bicyclic) bond motifs is 1. The lowest BCUT2D eigenvalue weighted by Gasteiger charge is -2.07. The number of ether oxygens (including phenoxy) is 1. The van der Waals surface area contributed by atoms with Crippen LogP contribution in [0.25, 0.3) is 5.52 Å². The van der Waals surface area contributed by atoms with Gasteiger partial charge in [-0.25, -0.2) is 9.31 Å². The van der Waals surface area contributed by atoms with Gasteiger partial charge >= 0.3 is 5.97 Å². The molecule has 0 aliphatic rings. The van der Waals surface area contributed by atoms with Crippen LogP contribution in [0.2, 0.25) is 0 Å². The molecule has 0 spiro atoms. The molecule has 0 aromatic carbocycles. The van der Waals surface area contributed by atoms with Crippen LogP contribution < -0.4 is 10.9 Å². The molecule has 1 N–H and O–H groups in total. The van der Waals surface area contributed by atoms with Crippen molar-refractivity contribution < 1.29 is 14.3 Å². The predicted octanol–water partition coefficient (Wildman–Crippen LogP) is 1.46. The Labute approximate surface area is 142 Å². The van der Waals surface area contributed by atoms with E-state index >= 15 is 0 Å². The lowest BCUT2D eigenvalue weighted by molar-refractivity contribution is 0.0528. The molecule has 0 atom stereocenters. The van der Waals surface area contributed by atoms with Crippen LogP contribution in [0.4, 0.5) is 5.69 Å². The number of carbonyl (C=O) groups excluding carboxylic acids is 2. The van der Waals surface area contributed by atoms with Crippen LogP contribution >= 0.6 is 0 Å². The number of amides is 1. The lowest BCUT2D eigenvalue weighted by atomic mass is 10.2. The van der Waals surface area contributed by atoms with Crippen molar-refractivity contribution in [2.75, 3.05) is 11.9 Å². The highest BCUT2D eigenvalue weighted by molar-refractivity contribution is 6.05. The van der Waals surface area contributed by atoms with Gasteiger partial charge in [-0.3, -0.25) is 9.59 Å². The third-order valence-corrected chi connectivity index (χ3v) is 3.64. The quantitative estimate of drug-likeness (QED) is 0.726. The van der Waals surface area contributed by atoms with E-state index in [4.69, 9.17) is 4.74 Å². The maximum absolute atomic E-state index is 12.3. The molecule has 3 rings (SSSR count). The Kier molecular flexibility index (Phi) is 4.34. The van der Waals surface area contributed by atoms with Gasteiger partial charge in [-0.05, 0) is 31.2 Å². The maximum Gasteiger partial charge on any atom is 0.341 e. The van der Waals surface area contributed by atoms with Crippen molar-refractivity contribution in [3.05, 3.63) is 64.3 Å². The van der Waals surface area contributed by atoms with Crippen molar-refractivity contribution in [2.24, 2.45) is 7.05 Å². The Morgan fingerprint density at radius 2 is 2.04 bits per heavy atom. The van der Waals surface area contributed by atoms with Crippen LogP contribution in [0.5, 0.6) is 0 Å². The topological polar surface area (TPSA) is 94.7 Å². The van der Waals surface area contributed by atoms with Gasteiger partial charge < -0.3 is 14.6 Å². The molecule has 8 heteroatoms. The van der Waals surface area contributed by atoms with Gasteiger partial charge in [0.2, 0.25) is 0 Å². The molecule has 1 amide bonds. The van der Waals surface area contributed by atoms with Crippen molar-refractivity contribution >= 4 is 23.1 Å². The van der Waals surface area contributed by atoms with Crippen molar-refractivity contribution in [1.82, 2.24) is 14.2 Å². The molecular weight excluding hydrogens is 324 g/mol. The van der Waals surface area contributed by atoms with Crippen molar-refractivity contribution in [3.8, 4) is 0 Å². The highest BCUT2D eigenvalue weighted by Crippen LogP contribution is 2.17. The second kappa shape index (κ2) is 6.60.